The maximum atomic E-state index is 13.8. The largest absolute Gasteiger partial charge is 0.493 e. The monoisotopic (exact) mass is 513 g/mol. The molecule has 0 saturated carbocycles. The van der Waals surface area contributed by atoms with Crippen molar-refractivity contribution in [2.45, 2.75) is 30.8 Å². The number of imidazole rings is 1. The number of hydrogen-bond acceptors (Lipinski definition) is 4. The van der Waals surface area contributed by atoms with Gasteiger partial charge in [0.2, 0.25) is 0 Å². The van der Waals surface area contributed by atoms with Crippen LogP contribution in [0.5, 0.6) is 5.75 Å². The number of sulfonamides is 1. The minimum atomic E-state index is -4.02. The first kappa shape index (κ1) is 24.8. The van der Waals surface area contributed by atoms with Crippen LogP contribution >= 0.6 is 11.6 Å². The van der Waals surface area contributed by atoms with Crippen LogP contribution in [0.15, 0.2) is 96.4 Å². The van der Waals surface area contributed by atoms with Gasteiger partial charge in [-0.15, -0.1) is 0 Å². The number of aryl methyl sites for hydroxylation is 1. The molecule has 0 N–H and O–H groups in total. The molecule has 1 unspecified atom stereocenters. The van der Waals surface area contributed by atoms with Crippen molar-refractivity contribution in [2.24, 2.45) is 0 Å². The third-order valence-corrected chi connectivity index (χ3v) is 7.71. The number of ether oxygens (including phenoxy) is 1. The van der Waals surface area contributed by atoms with Crippen LogP contribution < -0.4 is 9.04 Å². The second-order valence-corrected chi connectivity index (χ2v) is 10.2. The Balaban J connectivity index is 1.65. The maximum Gasteiger partial charge on any atom is 0.264 e. The number of nitrogens with zero attached hydrogens (tertiary/aromatic N) is 3. The van der Waals surface area contributed by atoms with Gasteiger partial charge >= 0.3 is 0 Å². The Labute approximate surface area is 209 Å². The summed E-state index contributed by atoms with van der Waals surface area (Å²) in [6, 6.07) is 18.0. The predicted molar refractivity (Wildman–Crippen MR) is 135 cm³/mol. The van der Waals surface area contributed by atoms with Gasteiger partial charge in [-0.05, 0) is 67.9 Å². The van der Waals surface area contributed by atoms with Gasteiger partial charge in [0.05, 0.1) is 29.6 Å². The van der Waals surface area contributed by atoms with Crippen LogP contribution in [0.3, 0.4) is 0 Å². The lowest BCUT2D eigenvalue weighted by molar-refractivity contribution is 0.297. The Morgan fingerprint density at radius 1 is 1.06 bits per heavy atom. The van der Waals surface area contributed by atoms with E-state index in [9.17, 15) is 12.8 Å². The SMILES string of the molecule is CC(c1ccccc1OCCCn1ccnc1)N(c1ccc(F)cc1)S(=O)(=O)c1ccc(Cl)cc1. The molecule has 3 aromatic carbocycles. The molecule has 6 nitrogen and oxygen atoms in total. The van der Waals surface area contributed by atoms with Crippen molar-refractivity contribution in [2.75, 3.05) is 10.9 Å². The summed E-state index contributed by atoms with van der Waals surface area (Å²) in [5, 5.41) is 0.430. The summed E-state index contributed by atoms with van der Waals surface area (Å²) >= 11 is 5.98. The minimum Gasteiger partial charge on any atom is -0.493 e. The Kier molecular flexibility index (Phi) is 7.73. The second kappa shape index (κ2) is 10.9. The predicted octanol–water partition coefficient (Wildman–Crippen LogP) is 6.10. The normalized spacial score (nSPS) is 12.3. The van der Waals surface area contributed by atoms with E-state index >= 15 is 0 Å². The topological polar surface area (TPSA) is 64.4 Å². The Bertz CT molecular complexity index is 1350. The van der Waals surface area contributed by atoms with Gasteiger partial charge in [0.15, 0.2) is 0 Å². The van der Waals surface area contributed by atoms with E-state index in [0.717, 1.165) is 13.0 Å². The lowest BCUT2D eigenvalue weighted by atomic mass is 10.1. The first-order valence-electron chi connectivity index (χ1n) is 11.1. The number of anilines is 1. The number of halogens is 2. The zero-order chi connectivity index (χ0) is 24.8. The molecule has 35 heavy (non-hydrogen) atoms. The van der Waals surface area contributed by atoms with E-state index in [4.69, 9.17) is 16.3 Å². The molecule has 0 radical (unpaired) electrons. The summed E-state index contributed by atoms with van der Waals surface area (Å²) in [7, 11) is -4.02. The van der Waals surface area contributed by atoms with E-state index in [2.05, 4.69) is 4.98 Å². The first-order valence-corrected chi connectivity index (χ1v) is 12.9. The van der Waals surface area contributed by atoms with Crippen LogP contribution in [0.1, 0.15) is 24.9 Å². The smallest absolute Gasteiger partial charge is 0.264 e. The molecule has 1 aromatic heterocycles. The van der Waals surface area contributed by atoms with E-state index in [1.54, 1.807) is 19.4 Å². The molecule has 0 fully saturated rings. The third kappa shape index (κ3) is 5.83. The highest BCUT2D eigenvalue weighted by Crippen LogP contribution is 2.37. The van der Waals surface area contributed by atoms with Crippen LogP contribution in [0.4, 0.5) is 10.1 Å². The van der Waals surface area contributed by atoms with E-state index in [0.29, 0.717) is 28.6 Å². The highest BCUT2D eigenvalue weighted by molar-refractivity contribution is 7.92. The van der Waals surface area contributed by atoms with Gasteiger partial charge in [-0.1, -0.05) is 29.8 Å². The summed E-state index contributed by atoms with van der Waals surface area (Å²) in [5.41, 5.74) is 1.03. The van der Waals surface area contributed by atoms with Gasteiger partial charge in [-0.2, -0.15) is 0 Å². The standard InChI is InChI=1S/C26H25ClFN3O3S/c1-20(25-5-2-3-6-26(25)34-18-4-16-30-17-15-29-19-30)31(23-11-9-22(28)10-12-23)35(32,33)24-13-7-21(27)8-14-24/h2-3,5-15,17,19-20H,4,16,18H2,1H3. The van der Waals surface area contributed by atoms with Gasteiger partial charge in [0, 0.05) is 29.5 Å². The lowest BCUT2D eigenvalue weighted by Gasteiger charge is -2.32. The molecular formula is C26H25ClFN3O3S. The Hall–Kier alpha value is -3.36. The molecule has 9 heteroatoms. The highest BCUT2D eigenvalue weighted by atomic mass is 35.5. The fourth-order valence-corrected chi connectivity index (χ4v) is 5.57. The zero-order valence-corrected chi connectivity index (χ0v) is 20.7. The van der Waals surface area contributed by atoms with Crippen molar-refractivity contribution in [1.29, 1.82) is 0 Å². The van der Waals surface area contributed by atoms with Crippen molar-refractivity contribution in [1.82, 2.24) is 9.55 Å². The molecule has 0 spiro atoms. The van der Waals surface area contributed by atoms with E-state index in [-0.39, 0.29) is 4.90 Å². The summed E-state index contributed by atoms with van der Waals surface area (Å²) in [6.45, 7) is 2.98. The third-order valence-electron chi connectivity index (χ3n) is 5.55. The van der Waals surface area contributed by atoms with E-state index in [1.807, 2.05) is 35.0 Å². The Morgan fingerprint density at radius 3 is 2.46 bits per heavy atom. The minimum absolute atomic E-state index is 0.0804. The number of para-hydroxylation sites is 1. The van der Waals surface area contributed by atoms with Crippen molar-refractivity contribution >= 4 is 27.3 Å². The molecule has 1 heterocycles. The van der Waals surface area contributed by atoms with Gasteiger partial charge in [0.25, 0.3) is 10.0 Å². The molecule has 0 amide bonds. The van der Waals surface area contributed by atoms with Gasteiger partial charge in [-0.3, -0.25) is 4.31 Å². The Morgan fingerprint density at radius 2 is 1.77 bits per heavy atom. The maximum absolute atomic E-state index is 13.8. The fourth-order valence-electron chi connectivity index (χ4n) is 3.81. The zero-order valence-electron chi connectivity index (χ0n) is 19.1. The number of benzene rings is 3. The van der Waals surface area contributed by atoms with Crippen molar-refractivity contribution in [3.05, 3.63) is 108 Å². The van der Waals surface area contributed by atoms with E-state index < -0.39 is 21.9 Å². The molecule has 4 aromatic rings. The molecule has 1 atom stereocenters. The molecule has 182 valence electrons. The summed E-state index contributed by atoms with van der Waals surface area (Å²) < 4.78 is 50.6. The summed E-state index contributed by atoms with van der Waals surface area (Å²) in [6.07, 6.45) is 6.11. The number of aromatic nitrogens is 2. The fraction of sp³-hybridized carbons (Fsp3) is 0.192. The van der Waals surface area contributed by atoms with Crippen molar-refractivity contribution in [3.63, 3.8) is 0 Å². The second-order valence-electron chi connectivity index (χ2n) is 7.95. The van der Waals surface area contributed by atoms with Crippen LogP contribution in [-0.2, 0) is 16.6 Å². The number of rotatable bonds is 10. The molecule has 0 aliphatic rings. The van der Waals surface area contributed by atoms with Crippen LogP contribution in [0.2, 0.25) is 5.02 Å². The number of hydrogen-bond donors (Lipinski definition) is 0. The average Bonchev–Trinajstić information content (AvgIpc) is 3.37. The van der Waals surface area contributed by atoms with Gasteiger partial charge < -0.3 is 9.30 Å². The molecule has 0 aliphatic carbocycles. The first-order chi connectivity index (χ1) is 16.9. The van der Waals surface area contributed by atoms with E-state index in [1.165, 1.54) is 52.8 Å². The van der Waals surface area contributed by atoms with Gasteiger partial charge in [-0.25, -0.2) is 17.8 Å². The molecule has 4 rings (SSSR count). The molecule has 0 bridgehead atoms. The van der Waals surface area contributed by atoms with Crippen LogP contribution in [0, 0.1) is 5.82 Å². The van der Waals surface area contributed by atoms with Gasteiger partial charge in [0.1, 0.15) is 11.6 Å². The lowest BCUT2D eigenvalue weighted by Crippen LogP contribution is -2.34. The highest BCUT2D eigenvalue weighted by Gasteiger charge is 2.32. The van der Waals surface area contributed by atoms with Crippen LogP contribution in [-0.4, -0.2) is 24.6 Å². The summed E-state index contributed by atoms with van der Waals surface area (Å²) in [4.78, 5) is 4.11. The van der Waals surface area contributed by atoms with Crippen molar-refractivity contribution in [3.8, 4) is 5.75 Å². The molecule has 0 aliphatic heterocycles. The average molecular weight is 514 g/mol. The molecule has 0 saturated heterocycles. The summed E-state index contributed by atoms with van der Waals surface area (Å²) in [5.74, 6) is 0.135. The van der Waals surface area contributed by atoms with Crippen LogP contribution in [0.25, 0.3) is 0 Å². The quantitative estimate of drug-likeness (QED) is 0.240. The molecular weight excluding hydrogens is 489 g/mol. The van der Waals surface area contributed by atoms with Crippen molar-refractivity contribution < 1.29 is 17.5 Å².